The third kappa shape index (κ3) is 2.48. The molecule has 0 atom stereocenters. The summed E-state index contributed by atoms with van der Waals surface area (Å²) in [5, 5.41) is 9.10. The molecule has 0 fully saturated rings. The molecule has 128 valence electrons. The number of amides is 1. The molecule has 7 heteroatoms. The summed E-state index contributed by atoms with van der Waals surface area (Å²) in [6.45, 7) is 4.31. The van der Waals surface area contributed by atoms with Crippen molar-refractivity contribution in [3.63, 3.8) is 0 Å². The molecule has 0 unspecified atom stereocenters. The topological polar surface area (TPSA) is 83.0 Å². The van der Waals surface area contributed by atoms with Crippen LogP contribution >= 0.6 is 0 Å². The molecule has 2 aliphatic heterocycles. The largest absolute Gasteiger partial charge is 0.488 e. The predicted molar refractivity (Wildman–Crippen MR) is 90.6 cm³/mol. The summed E-state index contributed by atoms with van der Waals surface area (Å²) in [7, 11) is 0. The summed E-state index contributed by atoms with van der Waals surface area (Å²) < 4.78 is 5.58. The fraction of sp³-hybridized carbons (Fsp3) is 0.278. The molecule has 7 nitrogen and oxygen atoms in total. The molecule has 0 radical (unpaired) electrons. The fourth-order valence-electron chi connectivity index (χ4n) is 3.26. The molecule has 1 aromatic carbocycles. The molecular weight excluding hydrogens is 322 g/mol. The molecule has 1 N–H and O–H groups in total. The Hall–Kier alpha value is -3.09. The van der Waals surface area contributed by atoms with Crippen molar-refractivity contribution >= 4 is 23.4 Å². The van der Waals surface area contributed by atoms with Gasteiger partial charge in [-0.3, -0.25) is 4.79 Å². The number of rotatable bonds is 3. The molecule has 0 spiro atoms. The number of anilines is 2. The molecule has 2 aromatic rings. The smallest absolute Gasteiger partial charge is 0.337 e. The van der Waals surface area contributed by atoms with Gasteiger partial charge in [-0.15, -0.1) is 0 Å². The van der Waals surface area contributed by atoms with Gasteiger partial charge in [0.1, 0.15) is 6.61 Å². The van der Waals surface area contributed by atoms with Crippen LogP contribution in [0.3, 0.4) is 0 Å². The van der Waals surface area contributed by atoms with Crippen LogP contribution in [0.1, 0.15) is 33.2 Å². The van der Waals surface area contributed by atoms with Crippen LogP contribution in [-0.4, -0.2) is 46.6 Å². The van der Waals surface area contributed by atoms with Gasteiger partial charge in [0, 0.05) is 36.6 Å². The van der Waals surface area contributed by atoms with Gasteiger partial charge in [0.2, 0.25) is 0 Å². The van der Waals surface area contributed by atoms with E-state index in [-0.39, 0.29) is 11.5 Å². The van der Waals surface area contributed by atoms with Crippen LogP contribution in [0.15, 0.2) is 30.5 Å². The average molecular weight is 339 g/mol. The van der Waals surface area contributed by atoms with E-state index in [2.05, 4.69) is 4.98 Å². The number of carbonyl (C=O) groups excluding carboxylic acids is 1. The second kappa shape index (κ2) is 5.77. The van der Waals surface area contributed by atoms with Gasteiger partial charge in [-0.1, -0.05) is 0 Å². The number of pyridine rings is 1. The van der Waals surface area contributed by atoms with Crippen LogP contribution in [0.5, 0.6) is 5.75 Å². The van der Waals surface area contributed by atoms with E-state index in [1.165, 1.54) is 12.3 Å². The van der Waals surface area contributed by atoms with Gasteiger partial charge in [0.15, 0.2) is 11.6 Å². The molecule has 1 aromatic heterocycles. The SMILES string of the molecule is CCN1Cc2cc(N3CCOc4cc(C(=O)O)cnc43)ccc2C1=O. The Morgan fingerprint density at radius 3 is 2.96 bits per heavy atom. The molecule has 3 heterocycles. The van der Waals surface area contributed by atoms with Gasteiger partial charge in [-0.2, -0.15) is 0 Å². The second-order valence-corrected chi connectivity index (χ2v) is 6.01. The number of carbonyl (C=O) groups is 2. The van der Waals surface area contributed by atoms with Crippen molar-refractivity contribution < 1.29 is 19.4 Å². The predicted octanol–water partition coefficient (Wildman–Crippen LogP) is 2.29. The lowest BCUT2D eigenvalue weighted by Crippen LogP contribution is -2.29. The van der Waals surface area contributed by atoms with Crippen LogP contribution in [0.25, 0.3) is 0 Å². The van der Waals surface area contributed by atoms with Crippen molar-refractivity contribution in [3.05, 3.63) is 47.2 Å². The Labute approximate surface area is 144 Å². The normalized spacial score (nSPS) is 15.6. The summed E-state index contributed by atoms with van der Waals surface area (Å²) in [4.78, 5) is 31.4. The van der Waals surface area contributed by atoms with E-state index in [9.17, 15) is 9.59 Å². The minimum absolute atomic E-state index is 0.0654. The molecular formula is C18H17N3O4. The van der Waals surface area contributed by atoms with Crippen molar-refractivity contribution in [2.75, 3.05) is 24.6 Å². The number of carboxylic acid groups (broad SMARTS) is 1. The van der Waals surface area contributed by atoms with Crippen molar-refractivity contribution in [2.45, 2.75) is 13.5 Å². The summed E-state index contributed by atoms with van der Waals surface area (Å²) in [6, 6.07) is 7.25. The number of aromatic nitrogens is 1. The van der Waals surface area contributed by atoms with Crippen LogP contribution < -0.4 is 9.64 Å². The van der Waals surface area contributed by atoms with Gasteiger partial charge in [-0.05, 0) is 30.7 Å². The molecule has 0 aliphatic carbocycles. The summed E-state index contributed by atoms with van der Waals surface area (Å²) in [6.07, 6.45) is 1.33. The van der Waals surface area contributed by atoms with E-state index in [1.807, 2.05) is 30.0 Å². The number of benzene rings is 1. The van der Waals surface area contributed by atoms with E-state index >= 15 is 0 Å². The van der Waals surface area contributed by atoms with Crippen LogP contribution in [0.4, 0.5) is 11.5 Å². The van der Waals surface area contributed by atoms with E-state index in [0.717, 1.165) is 16.8 Å². The number of nitrogens with zero attached hydrogens (tertiary/aromatic N) is 3. The summed E-state index contributed by atoms with van der Waals surface area (Å²) in [5.41, 5.74) is 2.76. The number of carboxylic acids is 1. The summed E-state index contributed by atoms with van der Waals surface area (Å²) >= 11 is 0. The van der Waals surface area contributed by atoms with E-state index < -0.39 is 5.97 Å². The molecule has 4 rings (SSSR count). The lowest BCUT2D eigenvalue weighted by molar-refractivity contribution is 0.0695. The number of aromatic carboxylic acids is 1. The highest BCUT2D eigenvalue weighted by atomic mass is 16.5. The maximum absolute atomic E-state index is 12.2. The molecule has 2 aliphatic rings. The number of ether oxygens (including phenoxy) is 1. The summed E-state index contributed by atoms with van der Waals surface area (Å²) in [5.74, 6) is 0.0770. The van der Waals surface area contributed by atoms with Crippen LogP contribution in [-0.2, 0) is 6.54 Å². The Bertz CT molecular complexity index is 881. The maximum Gasteiger partial charge on any atom is 0.337 e. The zero-order chi connectivity index (χ0) is 17.6. The van der Waals surface area contributed by atoms with Gasteiger partial charge in [0.25, 0.3) is 5.91 Å². The Morgan fingerprint density at radius 1 is 1.36 bits per heavy atom. The second-order valence-electron chi connectivity index (χ2n) is 6.01. The monoisotopic (exact) mass is 339 g/mol. The van der Waals surface area contributed by atoms with Crippen molar-refractivity contribution in [1.29, 1.82) is 0 Å². The molecule has 25 heavy (non-hydrogen) atoms. The maximum atomic E-state index is 12.2. The molecule has 0 bridgehead atoms. The van der Waals surface area contributed by atoms with Gasteiger partial charge >= 0.3 is 5.97 Å². The highest BCUT2D eigenvalue weighted by Crippen LogP contribution is 2.37. The highest BCUT2D eigenvalue weighted by Gasteiger charge is 2.28. The first-order valence-corrected chi connectivity index (χ1v) is 8.14. The number of hydrogen-bond acceptors (Lipinski definition) is 5. The highest BCUT2D eigenvalue weighted by molar-refractivity contribution is 5.99. The Balaban J connectivity index is 1.71. The molecule has 1 amide bonds. The fourth-order valence-corrected chi connectivity index (χ4v) is 3.26. The first-order chi connectivity index (χ1) is 12.1. The Kier molecular flexibility index (Phi) is 3.56. The third-order valence-corrected chi connectivity index (χ3v) is 4.57. The average Bonchev–Trinajstić information content (AvgIpc) is 2.96. The van der Waals surface area contributed by atoms with Crippen LogP contribution in [0.2, 0.25) is 0 Å². The van der Waals surface area contributed by atoms with Crippen LogP contribution in [0, 0.1) is 0 Å². The standard InChI is InChI=1S/C18H17N3O4/c1-2-20-10-12-7-13(3-4-14(12)17(20)22)21-5-6-25-15-8-11(18(23)24)9-19-16(15)21/h3-4,7-9H,2,5-6,10H2,1H3,(H,23,24). The lowest BCUT2D eigenvalue weighted by Gasteiger charge is -2.30. The van der Waals surface area contributed by atoms with Crippen molar-refractivity contribution in [3.8, 4) is 5.75 Å². The van der Waals surface area contributed by atoms with Crippen molar-refractivity contribution in [1.82, 2.24) is 9.88 Å². The number of fused-ring (bicyclic) bond motifs is 2. The van der Waals surface area contributed by atoms with E-state index in [1.54, 1.807) is 4.90 Å². The Morgan fingerprint density at radius 2 is 2.20 bits per heavy atom. The van der Waals surface area contributed by atoms with Crippen molar-refractivity contribution in [2.24, 2.45) is 0 Å². The zero-order valence-electron chi connectivity index (χ0n) is 13.7. The third-order valence-electron chi connectivity index (χ3n) is 4.57. The quantitative estimate of drug-likeness (QED) is 0.924. The minimum atomic E-state index is -1.04. The first-order valence-electron chi connectivity index (χ1n) is 8.14. The first kappa shape index (κ1) is 15.4. The molecule has 0 saturated heterocycles. The van der Waals surface area contributed by atoms with E-state index in [4.69, 9.17) is 9.84 Å². The minimum Gasteiger partial charge on any atom is -0.488 e. The number of hydrogen-bond donors (Lipinski definition) is 1. The van der Waals surface area contributed by atoms with Gasteiger partial charge in [0.05, 0.1) is 12.1 Å². The van der Waals surface area contributed by atoms with Gasteiger partial charge < -0.3 is 19.6 Å². The lowest BCUT2D eigenvalue weighted by atomic mass is 10.1. The molecule has 0 saturated carbocycles. The van der Waals surface area contributed by atoms with Gasteiger partial charge in [-0.25, -0.2) is 9.78 Å². The van der Waals surface area contributed by atoms with E-state index in [0.29, 0.717) is 37.8 Å². The zero-order valence-corrected chi connectivity index (χ0v) is 13.7.